The molecule has 9 nitrogen and oxygen atoms in total. The number of pyridine rings is 1. The number of benzene rings is 1. The number of fused-ring (bicyclic) bond motifs is 1. The van der Waals surface area contributed by atoms with Gasteiger partial charge >= 0.3 is 0 Å². The van der Waals surface area contributed by atoms with Crippen molar-refractivity contribution in [3.63, 3.8) is 0 Å². The van der Waals surface area contributed by atoms with Gasteiger partial charge in [0.2, 0.25) is 11.8 Å². The minimum atomic E-state index is -0.986. The van der Waals surface area contributed by atoms with Crippen LogP contribution in [-0.4, -0.2) is 50.0 Å². The normalized spacial score (nSPS) is 30.5. The molecular weight excluding hydrogens is 489 g/mol. The second kappa shape index (κ2) is 9.34. The van der Waals surface area contributed by atoms with Gasteiger partial charge in [-0.1, -0.05) is 25.1 Å². The number of hydrogen-bond acceptors (Lipinski definition) is 7. The molecule has 0 spiro atoms. The summed E-state index contributed by atoms with van der Waals surface area (Å²) in [6, 6.07) is 7.24. The second-order valence-electron chi connectivity index (χ2n) is 11.3. The summed E-state index contributed by atoms with van der Waals surface area (Å²) < 4.78 is 20.2. The third-order valence-electron chi connectivity index (χ3n) is 8.07. The maximum atomic E-state index is 14.2. The number of carbonyl (C=O) groups is 2. The van der Waals surface area contributed by atoms with Gasteiger partial charge in [-0.15, -0.1) is 0 Å². The van der Waals surface area contributed by atoms with Crippen molar-refractivity contribution in [2.75, 3.05) is 0 Å². The lowest BCUT2D eigenvalue weighted by Crippen LogP contribution is -2.54. The molecule has 1 saturated carbocycles. The maximum absolute atomic E-state index is 14.2. The van der Waals surface area contributed by atoms with Gasteiger partial charge in [0.05, 0.1) is 30.2 Å². The van der Waals surface area contributed by atoms with Gasteiger partial charge < -0.3 is 20.9 Å². The van der Waals surface area contributed by atoms with Gasteiger partial charge in [0.15, 0.2) is 5.96 Å². The van der Waals surface area contributed by atoms with Crippen molar-refractivity contribution < 1.29 is 23.8 Å². The number of carbonyl (C=O) groups excluding carboxylic acids is 2. The van der Waals surface area contributed by atoms with E-state index >= 15 is 0 Å². The van der Waals surface area contributed by atoms with Gasteiger partial charge in [0, 0.05) is 17.7 Å². The standard InChI is InChI=1S/C28H34FN5O4/c1-5-28(4)12-21(35)34(26(30)33-28)23(15-10-16(29)14-31-13-15)18-11-19(18)25(37)32-22-17-8-6-7-9-20(17)38-27(2,3)24(22)36/h6-10,13-14,18-19,22-24,36H,5,11-12H2,1-4H3,(H2,30,33)(H,32,37)/t18-,19-,22+,23+,24-,28-/m0/s1. The highest BCUT2D eigenvalue weighted by Gasteiger charge is 2.54. The number of aliphatic hydroxyl groups excluding tert-OH is 1. The number of aromatic nitrogens is 1. The summed E-state index contributed by atoms with van der Waals surface area (Å²) in [5.74, 6) is -1.18. The summed E-state index contributed by atoms with van der Waals surface area (Å²) >= 11 is 0. The first-order chi connectivity index (χ1) is 17.9. The van der Waals surface area contributed by atoms with Crippen molar-refractivity contribution in [1.29, 1.82) is 0 Å². The zero-order chi connectivity index (χ0) is 27.4. The number of guanidine groups is 1. The number of rotatable bonds is 6. The molecule has 4 N–H and O–H groups in total. The molecule has 6 atom stereocenters. The van der Waals surface area contributed by atoms with Gasteiger partial charge in [-0.2, -0.15) is 0 Å². The number of amides is 2. The Hall–Kier alpha value is -3.53. The molecule has 3 aliphatic rings. The van der Waals surface area contributed by atoms with Crippen molar-refractivity contribution in [1.82, 2.24) is 15.2 Å². The Bertz CT molecular complexity index is 1300. The number of nitrogens with zero attached hydrogens (tertiary/aromatic N) is 3. The number of aliphatic hydroxyl groups is 1. The molecule has 2 amide bonds. The van der Waals surface area contributed by atoms with Gasteiger partial charge in [-0.3, -0.25) is 19.5 Å². The zero-order valence-electron chi connectivity index (χ0n) is 22.0. The molecule has 1 aromatic carbocycles. The monoisotopic (exact) mass is 523 g/mol. The molecule has 1 aliphatic carbocycles. The topological polar surface area (TPSA) is 130 Å². The van der Waals surface area contributed by atoms with Crippen molar-refractivity contribution in [3.8, 4) is 5.75 Å². The van der Waals surface area contributed by atoms with E-state index in [1.54, 1.807) is 13.8 Å². The average molecular weight is 524 g/mol. The number of ether oxygens (including phenoxy) is 1. The van der Waals surface area contributed by atoms with Gasteiger partial charge in [0.1, 0.15) is 23.3 Å². The summed E-state index contributed by atoms with van der Waals surface area (Å²) in [5.41, 5.74) is 5.95. The first-order valence-corrected chi connectivity index (χ1v) is 13.0. The SMILES string of the molecule is CC[C@@]1(C)CC(=O)N([C@H](c2cncc(F)c2)[C@H]2C[C@@H]2C(=O)N[C@@H]2c3ccccc3OC(C)(C)[C@H]2O)C(N)=N1. The van der Waals surface area contributed by atoms with Crippen molar-refractivity contribution in [2.24, 2.45) is 22.6 Å². The molecule has 2 aliphatic heterocycles. The van der Waals surface area contributed by atoms with E-state index in [-0.39, 0.29) is 30.1 Å². The molecule has 2 aromatic rings. The molecule has 38 heavy (non-hydrogen) atoms. The van der Waals surface area contributed by atoms with Crippen LogP contribution in [-0.2, 0) is 9.59 Å². The average Bonchev–Trinajstić information content (AvgIpc) is 3.64. The van der Waals surface area contributed by atoms with Crippen LogP contribution in [0.3, 0.4) is 0 Å². The zero-order valence-corrected chi connectivity index (χ0v) is 22.0. The molecule has 3 heterocycles. The maximum Gasteiger partial charge on any atom is 0.232 e. The summed E-state index contributed by atoms with van der Waals surface area (Å²) in [7, 11) is 0. The third-order valence-corrected chi connectivity index (χ3v) is 8.07. The Morgan fingerprint density at radius 2 is 2.05 bits per heavy atom. The van der Waals surface area contributed by atoms with Crippen LogP contribution in [0.2, 0.25) is 0 Å². The van der Waals surface area contributed by atoms with Crippen LogP contribution in [0.1, 0.15) is 70.2 Å². The van der Waals surface area contributed by atoms with E-state index in [2.05, 4.69) is 15.3 Å². The van der Waals surface area contributed by atoms with Gasteiger partial charge in [-0.05, 0) is 57.2 Å². The van der Waals surface area contributed by atoms with Crippen LogP contribution in [0.25, 0.3) is 0 Å². The fourth-order valence-electron chi connectivity index (χ4n) is 5.62. The minimum Gasteiger partial charge on any atom is -0.485 e. The Morgan fingerprint density at radius 1 is 1.32 bits per heavy atom. The lowest BCUT2D eigenvalue weighted by atomic mass is 9.86. The summed E-state index contributed by atoms with van der Waals surface area (Å²) in [6.45, 7) is 7.36. The molecule has 1 fully saturated rings. The van der Waals surface area contributed by atoms with E-state index in [4.69, 9.17) is 10.5 Å². The van der Waals surface area contributed by atoms with Crippen LogP contribution < -0.4 is 15.8 Å². The fraction of sp³-hybridized carbons (Fsp3) is 0.500. The Kier molecular flexibility index (Phi) is 6.41. The molecule has 5 rings (SSSR count). The number of halogens is 1. The van der Waals surface area contributed by atoms with E-state index in [0.717, 1.165) is 6.20 Å². The lowest BCUT2D eigenvalue weighted by Gasteiger charge is -2.42. The van der Waals surface area contributed by atoms with E-state index in [0.29, 0.717) is 29.7 Å². The van der Waals surface area contributed by atoms with Gasteiger partial charge in [0.25, 0.3) is 0 Å². The Balaban J connectivity index is 1.43. The number of para-hydroxylation sites is 1. The molecule has 0 radical (unpaired) electrons. The number of hydrogen-bond donors (Lipinski definition) is 3. The predicted octanol–water partition coefficient (Wildman–Crippen LogP) is 3.00. The van der Waals surface area contributed by atoms with E-state index in [1.165, 1.54) is 17.2 Å². The largest absolute Gasteiger partial charge is 0.485 e. The van der Waals surface area contributed by atoms with Crippen molar-refractivity contribution in [2.45, 2.75) is 76.3 Å². The quantitative estimate of drug-likeness (QED) is 0.534. The van der Waals surface area contributed by atoms with Crippen LogP contribution in [0.5, 0.6) is 5.75 Å². The summed E-state index contributed by atoms with van der Waals surface area (Å²) in [5, 5.41) is 14.1. The Morgan fingerprint density at radius 3 is 2.74 bits per heavy atom. The molecule has 202 valence electrons. The Labute approximate surface area is 221 Å². The van der Waals surface area contributed by atoms with Crippen LogP contribution in [0.4, 0.5) is 4.39 Å². The molecule has 0 saturated heterocycles. The van der Waals surface area contributed by atoms with Crippen molar-refractivity contribution >= 4 is 17.8 Å². The van der Waals surface area contributed by atoms with Gasteiger partial charge in [-0.25, -0.2) is 9.38 Å². The minimum absolute atomic E-state index is 0.0569. The smallest absolute Gasteiger partial charge is 0.232 e. The predicted molar refractivity (Wildman–Crippen MR) is 138 cm³/mol. The molecular formula is C28H34FN5O4. The fourth-order valence-corrected chi connectivity index (χ4v) is 5.62. The molecule has 0 unspecified atom stereocenters. The third kappa shape index (κ3) is 4.62. The number of nitrogens with one attached hydrogen (secondary N) is 1. The van der Waals surface area contributed by atoms with Crippen LogP contribution >= 0.6 is 0 Å². The first-order valence-electron chi connectivity index (χ1n) is 13.0. The lowest BCUT2D eigenvalue weighted by molar-refractivity contribution is -0.133. The highest BCUT2D eigenvalue weighted by molar-refractivity contribution is 5.99. The summed E-state index contributed by atoms with van der Waals surface area (Å²) in [4.78, 5) is 36.9. The first kappa shape index (κ1) is 26.1. The number of aliphatic imine (C=N–C) groups is 1. The van der Waals surface area contributed by atoms with Crippen LogP contribution in [0, 0.1) is 17.7 Å². The van der Waals surface area contributed by atoms with E-state index in [9.17, 15) is 19.1 Å². The second-order valence-corrected chi connectivity index (χ2v) is 11.3. The van der Waals surface area contributed by atoms with E-state index in [1.807, 2.05) is 38.1 Å². The summed E-state index contributed by atoms with van der Waals surface area (Å²) in [6.07, 6.45) is 2.86. The highest BCUT2D eigenvalue weighted by atomic mass is 19.1. The van der Waals surface area contributed by atoms with E-state index < -0.39 is 41.1 Å². The molecule has 1 aromatic heterocycles. The van der Waals surface area contributed by atoms with Crippen molar-refractivity contribution in [3.05, 3.63) is 59.7 Å². The number of nitrogens with two attached hydrogens (primary N) is 1. The van der Waals surface area contributed by atoms with Crippen LogP contribution in [0.15, 0.2) is 47.7 Å². The molecule has 0 bridgehead atoms. The highest BCUT2D eigenvalue weighted by Crippen LogP contribution is 2.52. The molecule has 10 heteroatoms.